The van der Waals surface area contributed by atoms with Gasteiger partial charge in [0, 0.05) is 23.0 Å². The van der Waals surface area contributed by atoms with Gasteiger partial charge in [0.25, 0.3) is 0 Å². The lowest BCUT2D eigenvalue weighted by molar-refractivity contribution is -0.119. The molecule has 164 valence electrons. The summed E-state index contributed by atoms with van der Waals surface area (Å²) >= 11 is 0. The van der Waals surface area contributed by atoms with Crippen LogP contribution in [0.25, 0.3) is 21.9 Å². The molecule has 2 aromatic carbocycles. The summed E-state index contributed by atoms with van der Waals surface area (Å²) in [5.74, 6) is 0.488. The molecule has 4 rings (SSSR count). The van der Waals surface area contributed by atoms with Crippen LogP contribution in [0.1, 0.15) is 5.56 Å². The van der Waals surface area contributed by atoms with E-state index in [1.165, 1.54) is 0 Å². The number of benzene rings is 2. The fraction of sp³-hybridized carbons (Fsp3) is 0.208. The molecule has 0 unspecified atom stereocenters. The molecule has 0 fully saturated rings. The van der Waals surface area contributed by atoms with Crippen LogP contribution < -0.4 is 15.4 Å². The summed E-state index contributed by atoms with van der Waals surface area (Å²) in [6, 6.07) is 15.0. The maximum Gasteiger partial charge on any atom is 0.239 e. The third-order valence-electron chi connectivity index (χ3n) is 4.98. The Morgan fingerprint density at radius 3 is 2.50 bits per heavy atom. The van der Waals surface area contributed by atoms with Gasteiger partial charge in [-0.15, -0.1) is 0 Å². The Balaban J connectivity index is 1.41. The van der Waals surface area contributed by atoms with Crippen molar-refractivity contribution >= 4 is 45.3 Å². The molecule has 32 heavy (non-hydrogen) atoms. The van der Waals surface area contributed by atoms with Gasteiger partial charge in [-0.05, 0) is 43.8 Å². The summed E-state index contributed by atoms with van der Waals surface area (Å²) in [5, 5.41) is 7.47. The number of carbonyl (C=O) groups is 2. The van der Waals surface area contributed by atoms with Gasteiger partial charge in [0.05, 0.1) is 25.9 Å². The zero-order valence-corrected chi connectivity index (χ0v) is 18.1. The van der Waals surface area contributed by atoms with Crippen molar-refractivity contribution in [3.8, 4) is 5.75 Å². The number of aromatic nitrogens is 1. The molecule has 2 aromatic heterocycles. The Labute approximate surface area is 185 Å². The van der Waals surface area contributed by atoms with E-state index in [2.05, 4.69) is 15.6 Å². The molecule has 0 saturated carbocycles. The summed E-state index contributed by atoms with van der Waals surface area (Å²) in [6.45, 7) is 1.99. The number of furan rings is 1. The van der Waals surface area contributed by atoms with E-state index in [-0.39, 0.29) is 24.9 Å². The zero-order valence-electron chi connectivity index (χ0n) is 18.1. The number of methoxy groups -OCH3 is 1. The number of para-hydroxylation sites is 1. The van der Waals surface area contributed by atoms with Gasteiger partial charge in [0.2, 0.25) is 11.8 Å². The smallest absolute Gasteiger partial charge is 0.239 e. The molecule has 8 heteroatoms. The van der Waals surface area contributed by atoms with Crippen molar-refractivity contribution in [3.63, 3.8) is 0 Å². The molecule has 0 spiro atoms. The number of anilines is 2. The number of likely N-dealkylation sites (N-methyl/N-ethyl adjacent to an activating group) is 1. The number of rotatable bonds is 7. The van der Waals surface area contributed by atoms with Crippen LogP contribution in [0.2, 0.25) is 0 Å². The van der Waals surface area contributed by atoms with E-state index in [9.17, 15) is 9.59 Å². The fourth-order valence-electron chi connectivity index (χ4n) is 3.54. The number of ether oxygens (including phenoxy) is 1. The number of hydrogen-bond donors (Lipinski definition) is 2. The van der Waals surface area contributed by atoms with Crippen LogP contribution >= 0.6 is 0 Å². The summed E-state index contributed by atoms with van der Waals surface area (Å²) in [5.41, 5.74) is 2.92. The lowest BCUT2D eigenvalue weighted by atomic mass is 10.1. The number of aryl methyl sites for hydroxylation is 1. The maximum absolute atomic E-state index is 12.6. The van der Waals surface area contributed by atoms with Crippen LogP contribution in [0.15, 0.2) is 59.1 Å². The van der Waals surface area contributed by atoms with Crippen molar-refractivity contribution in [3.05, 3.63) is 60.3 Å². The van der Waals surface area contributed by atoms with E-state index in [1.807, 2.05) is 43.3 Å². The van der Waals surface area contributed by atoms with Gasteiger partial charge in [-0.1, -0.05) is 18.2 Å². The molecule has 0 radical (unpaired) electrons. The van der Waals surface area contributed by atoms with Gasteiger partial charge in [0.15, 0.2) is 0 Å². The minimum absolute atomic E-state index is 0.0238. The monoisotopic (exact) mass is 432 g/mol. The molecular weight excluding hydrogens is 408 g/mol. The second kappa shape index (κ2) is 9.07. The maximum atomic E-state index is 12.6. The SMILES string of the molecule is COc1cc2c(cc1NC(=O)CN(C)CC(=O)Nc1cc(C)ccn1)oc1ccccc12. The van der Waals surface area contributed by atoms with E-state index in [4.69, 9.17) is 9.15 Å². The van der Waals surface area contributed by atoms with Crippen LogP contribution in [0, 0.1) is 6.92 Å². The van der Waals surface area contributed by atoms with Crippen LogP contribution in [0.4, 0.5) is 11.5 Å². The molecule has 0 atom stereocenters. The first-order chi connectivity index (χ1) is 15.4. The van der Waals surface area contributed by atoms with Gasteiger partial charge in [-0.2, -0.15) is 0 Å². The number of hydrogen-bond acceptors (Lipinski definition) is 6. The average molecular weight is 432 g/mol. The highest BCUT2D eigenvalue weighted by Gasteiger charge is 2.16. The summed E-state index contributed by atoms with van der Waals surface area (Å²) in [4.78, 5) is 30.6. The van der Waals surface area contributed by atoms with Crippen LogP contribution in [0.5, 0.6) is 5.75 Å². The van der Waals surface area contributed by atoms with Crippen molar-refractivity contribution in [1.29, 1.82) is 0 Å². The van der Waals surface area contributed by atoms with E-state index in [0.29, 0.717) is 22.8 Å². The average Bonchev–Trinajstić information content (AvgIpc) is 3.10. The third-order valence-corrected chi connectivity index (χ3v) is 4.98. The van der Waals surface area contributed by atoms with Gasteiger partial charge in [-0.3, -0.25) is 14.5 Å². The Bertz CT molecular complexity index is 1300. The predicted molar refractivity (Wildman–Crippen MR) is 124 cm³/mol. The number of nitrogens with one attached hydrogen (secondary N) is 2. The van der Waals surface area contributed by atoms with Gasteiger partial charge >= 0.3 is 0 Å². The normalized spacial score (nSPS) is 11.1. The van der Waals surface area contributed by atoms with E-state index < -0.39 is 0 Å². The Kier molecular flexibility index (Phi) is 6.04. The molecule has 2 amide bonds. The number of amides is 2. The molecule has 0 aliphatic heterocycles. The van der Waals surface area contributed by atoms with Crippen molar-refractivity contribution in [2.24, 2.45) is 0 Å². The molecular formula is C24H24N4O4. The van der Waals surface area contributed by atoms with Gasteiger partial charge < -0.3 is 19.8 Å². The summed E-state index contributed by atoms with van der Waals surface area (Å²) in [6.07, 6.45) is 1.63. The topological polar surface area (TPSA) is 96.7 Å². The first kappa shape index (κ1) is 21.3. The summed E-state index contributed by atoms with van der Waals surface area (Å²) in [7, 11) is 3.25. The minimum atomic E-state index is -0.275. The van der Waals surface area contributed by atoms with Gasteiger partial charge in [-0.25, -0.2) is 4.98 Å². The highest BCUT2D eigenvalue weighted by molar-refractivity contribution is 6.08. The molecule has 8 nitrogen and oxygen atoms in total. The molecule has 0 bridgehead atoms. The zero-order chi connectivity index (χ0) is 22.7. The van der Waals surface area contributed by atoms with Crippen molar-refractivity contribution < 1.29 is 18.7 Å². The first-order valence-electron chi connectivity index (χ1n) is 10.1. The quantitative estimate of drug-likeness (QED) is 0.461. The number of fused-ring (bicyclic) bond motifs is 3. The van der Waals surface area contributed by atoms with Crippen LogP contribution in [0.3, 0.4) is 0 Å². The molecule has 0 aliphatic rings. The fourth-order valence-corrected chi connectivity index (χ4v) is 3.54. The minimum Gasteiger partial charge on any atom is -0.495 e. The molecule has 0 aliphatic carbocycles. The van der Waals surface area contributed by atoms with Crippen molar-refractivity contribution in [1.82, 2.24) is 9.88 Å². The van der Waals surface area contributed by atoms with Crippen LogP contribution in [-0.4, -0.2) is 48.9 Å². The highest BCUT2D eigenvalue weighted by atomic mass is 16.5. The molecule has 2 heterocycles. The predicted octanol–water partition coefficient (Wildman–Crippen LogP) is 3.81. The van der Waals surface area contributed by atoms with E-state index in [1.54, 1.807) is 37.4 Å². The Morgan fingerprint density at radius 1 is 1.00 bits per heavy atom. The van der Waals surface area contributed by atoms with E-state index in [0.717, 1.165) is 21.9 Å². The number of carbonyl (C=O) groups excluding carboxylic acids is 2. The summed E-state index contributed by atoms with van der Waals surface area (Å²) < 4.78 is 11.4. The van der Waals surface area contributed by atoms with Crippen molar-refractivity contribution in [2.75, 3.05) is 37.9 Å². The number of pyridine rings is 1. The van der Waals surface area contributed by atoms with Crippen molar-refractivity contribution in [2.45, 2.75) is 6.92 Å². The number of nitrogens with zero attached hydrogens (tertiary/aromatic N) is 2. The molecule has 2 N–H and O–H groups in total. The second-order valence-corrected chi connectivity index (χ2v) is 7.63. The standard InChI is InChI=1S/C24H24N4O4/c1-15-8-9-25-22(10-15)27-24(30)14-28(2)13-23(29)26-18-12-20-17(11-21(18)31-3)16-6-4-5-7-19(16)32-20/h4-12H,13-14H2,1-3H3,(H,26,29)(H,25,27,30). The molecule has 0 saturated heterocycles. The largest absolute Gasteiger partial charge is 0.495 e. The lowest BCUT2D eigenvalue weighted by Crippen LogP contribution is -2.36. The van der Waals surface area contributed by atoms with Crippen LogP contribution in [-0.2, 0) is 9.59 Å². The lowest BCUT2D eigenvalue weighted by Gasteiger charge is -2.17. The Hall–Kier alpha value is -3.91. The second-order valence-electron chi connectivity index (χ2n) is 7.63. The first-order valence-corrected chi connectivity index (χ1v) is 10.1. The molecule has 4 aromatic rings. The van der Waals surface area contributed by atoms with E-state index >= 15 is 0 Å². The van der Waals surface area contributed by atoms with Gasteiger partial charge in [0.1, 0.15) is 22.7 Å². The third kappa shape index (κ3) is 4.70. The highest BCUT2D eigenvalue weighted by Crippen LogP contribution is 2.36. The Morgan fingerprint density at radius 2 is 1.75 bits per heavy atom.